The van der Waals surface area contributed by atoms with Crippen LogP contribution in [-0.2, 0) is 6.42 Å². The van der Waals surface area contributed by atoms with Gasteiger partial charge in [-0.05, 0) is 36.8 Å². The predicted molar refractivity (Wildman–Crippen MR) is 85.5 cm³/mol. The molecule has 0 aromatic heterocycles. The zero-order valence-corrected chi connectivity index (χ0v) is 13.5. The van der Waals surface area contributed by atoms with Gasteiger partial charge in [-0.3, -0.25) is 0 Å². The molecule has 0 amide bonds. The highest BCUT2D eigenvalue weighted by Gasteiger charge is 2.09. The minimum Gasteiger partial charge on any atom is -0.0925 e. The van der Waals surface area contributed by atoms with Crippen molar-refractivity contribution in [2.24, 2.45) is 5.92 Å². The lowest BCUT2D eigenvalue weighted by atomic mass is 9.93. The Hall–Kier alpha value is -0.300. The molecule has 1 unspecified atom stereocenters. The molecule has 0 bridgehead atoms. The number of rotatable bonds is 9. The van der Waals surface area contributed by atoms with Gasteiger partial charge in [-0.15, -0.1) is 0 Å². The van der Waals surface area contributed by atoms with E-state index >= 15 is 0 Å². The van der Waals surface area contributed by atoms with E-state index in [0.29, 0.717) is 0 Å². The molecule has 0 aliphatic rings. The average Bonchev–Trinajstić information content (AvgIpc) is 2.39. The molecule has 1 heteroatoms. The predicted octanol–water partition coefficient (Wildman–Crippen LogP) is 5.91. The second-order valence-corrected chi connectivity index (χ2v) is 6.00. The first-order valence-electron chi connectivity index (χ1n) is 7.38. The van der Waals surface area contributed by atoms with E-state index in [1.807, 2.05) is 0 Å². The summed E-state index contributed by atoms with van der Waals surface area (Å²) < 4.78 is 0. The fourth-order valence-corrected chi connectivity index (χ4v) is 2.97. The van der Waals surface area contributed by atoms with Gasteiger partial charge in [0.25, 0.3) is 0 Å². The first-order chi connectivity index (χ1) is 8.77. The van der Waals surface area contributed by atoms with Crippen LogP contribution in [0.25, 0.3) is 0 Å². The number of hydrogen-bond acceptors (Lipinski definition) is 0. The van der Waals surface area contributed by atoms with E-state index in [1.54, 1.807) is 0 Å². The summed E-state index contributed by atoms with van der Waals surface area (Å²) >= 11 is 3.68. The van der Waals surface area contributed by atoms with Gasteiger partial charge in [-0.1, -0.05) is 79.2 Å². The van der Waals surface area contributed by atoms with Crippen LogP contribution in [-0.4, -0.2) is 5.33 Å². The van der Waals surface area contributed by atoms with Crippen LogP contribution in [0.5, 0.6) is 0 Å². The van der Waals surface area contributed by atoms with Crippen LogP contribution < -0.4 is 0 Å². The first-order valence-corrected chi connectivity index (χ1v) is 8.50. The van der Waals surface area contributed by atoms with Crippen molar-refractivity contribution in [2.45, 2.75) is 58.8 Å². The zero-order chi connectivity index (χ0) is 13.2. The highest BCUT2D eigenvalue weighted by molar-refractivity contribution is 9.09. The summed E-state index contributed by atoms with van der Waals surface area (Å²) in [6, 6.07) is 8.80. The van der Waals surface area contributed by atoms with Gasteiger partial charge in [0.15, 0.2) is 0 Å². The third-order valence-corrected chi connectivity index (χ3v) is 4.62. The van der Waals surface area contributed by atoms with E-state index in [1.165, 1.54) is 56.1 Å². The minimum absolute atomic E-state index is 0.799. The number of alkyl halides is 1. The monoisotopic (exact) mass is 310 g/mol. The second-order valence-electron chi connectivity index (χ2n) is 5.35. The van der Waals surface area contributed by atoms with E-state index in [4.69, 9.17) is 0 Å². The van der Waals surface area contributed by atoms with Gasteiger partial charge < -0.3 is 0 Å². The Morgan fingerprint density at radius 1 is 1.06 bits per heavy atom. The van der Waals surface area contributed by atoms with Crippen LogP contribution in [0.4, 0.5) is 0 Å². The molecule has 18 heavy (non-hydrogen) atoms. The number of aryl methyl sites for hydroxylation is 1. The molecule has 0 heterocycles. The Kier molecular flexibility index (Phi) is 8.41. The molecule has 0 aliphatic carbocycles. The van der Waals surface area contributed by atoms with Crippen molar-refractivity contribution in [3.05, 3.63) is 35.4 Å². The largest absolute Gasteiger partial charge is 0.0925 e. The Labute approximate surface area is 121 Å². The van der Waals surface area contributed by atoms with Crippen LogP contribution in [0.1, 0.15) is 56.6 Å². The summed E-state index contributed by atoms with van der Waals surface area (Å²) in [6.45, 7) is 4.50. The number of halogens is 1. The van der Waals surface area contributed by atoms with E-state index in [9.17, 15) is 0 Å². The minimum atomic E-state index is 0.799. The molecule has 0 fully saturated rings. The lowest BCUT2D eigenvalue weighted by Gasteiger charge is -2.15. The Morgan fingerprint density at radius 3 is 2.44 bits per heavy atom. The van der Waals surface area contributed by atoms with Crippen LogP contribution in [0, 0.1) is 12.8 Å². The molecule has 1 rings (SSSR count). The smallest absolute Gasteiger partial charge is 0.00628 e. The second kappa shape index (κ2) is 9.61. The summed E-state index contributed by atoms with van der Waals surface area (Å²) in [6.07, 6.45) is 9.54. The third kappa shape index (κ3) is 6.04. The molecule has 0 aliphatic heterocycles. The van der Waals surface area contributed by atoms with E-state index in [0.717, 1.165) is 11.2 Å². The molecule has 0 nitrogen and oxygen atoms in total. The first kappa shape index (κ1) is 15.8. The van der Waals surface area contributed by atoms with Gasteiger partial charge in [0.05, 0.1) is 0 Å². The highest BCUT2D eigenvalue weighted by atomic mass is 79.9. The Balaban J connectivity index is 2.31. The zero-order valence-electron chi connectivity index (χ0n) is 11.9. The van der Waals surface area contributed by atoms with E-state index < -0.39 is 0 Å². The van der Waals surface area contributed by atoms with Crippen LogP contribution in [0.2, 0.25) is 0 Å². The molecule has 1 atom stereocenters. The molecule has 0 saturated heterocycles. The molecule has 0 saturated carbocycles. The van der Waals surface area contributed by atoms with Gasteiger partial charge in [-0.2, -0.15) is 0 Å². The maximum Gasteiger partial charge on any atom is 0.00628 e. The van der Waals surface area contributed by atoms with Gasteiger partial charge in [0.1, 0.15) is 0 Å². The molecule has 102 valence electrons. The fraction of sp³-hybridized carbons (Fsp3) is 0.647. The number of unbranched alkanes of at least 4 members (excludes halogenated alkanes) is 4. The topological polar surface area (TPSA) is 0 Å². The standard InChI is InChI=1S/C17H27Br/c1-3-4-5-6-7-11-16(14-18)13-17-12-9-8-10-15(17)2/h8-10,12,16H,3-7,11,13-14H2,1-2H3. The summed E-state index contributed by atoms with van der Waals surface area (Å²) in [5.74, 6) is 0.799. The van der Waals surface area contributed by atoms with Crippen LogP contribution in [0.3, 0.4) is 0 Å². The molecule has 0 spiro atoms. The van der Waals surface area contributed by atoms with Gasteiger partial charge in [0, 0.05) is 5.33 Å². The summed E-state index contributed by atoms with van der Waals surface area (Å²) in [5.41, 5.74) is 2.96. The summed E-state index contributed by atoms with van der Waals surface area (Å²) in [7, 11) is 0. The van der Waals surface area contributed by atoms with Crippen molar-refractivity contribution in [1.29, 1.82) is 0 Å². The molecule has 1 aromatic carbocycles. The van der Waals surface area contributed by atoms with Crippen molar-refractivity contribution in [3.8, 4) is 0 Å². The third-order valence-electron chi connectivity index (χ3n) is 3.70. The maximum absolute atomic E-state index is 3.68. The maximum atomic E-state index is 3.68. The Bertz CT molecular complexity index is 319. The van der Waals surface area contributed by atoms with Crippen molar-refractivity contribution in [3.63, 3.8) is 0 Å². The molecule has 0 N–H and O–H groups in total. The van der Waals surface area contributed by atoms with Crippen LogP contribution >= 0.6 is 15.9 Å². The van der Waals surface area contributed by atoms with Gasteiger partial charge >= 0.3 is 0 Å². The summed E-state index contributed by atoms with van der Waals surface area (Å²) in [4.78, 5) is 0. The average molecular weight is 311 g/mol. The van der Waals surface area contributed by atoms with Crippen molar-refractivity contribution < 1.29 is 0 Å². The van der Waals surface area contributed by atoms with E-state index in [2.05, 4.69) is 54.0 Å². The summed E-state index contributed by atoms with van der Waals surface area (Å²) in [5, 5.41) is 1.13. The SMILES string of the molecule is CCCCCCCC(CBr)Cc1ccccc1C. The van der Waals surface area contributed by atoms with Crippen molar-refractivity contribution in [2.75, 3.05) is 5.33 Å². The quantitative estimate of drug-likeness (QED) is 0.393. The molecular weight excluding hydrogens is 284 g/mol. The molecular formula is C17H27Br. The normalized spacial score (nSPS) is 12.6. The van der Waals surface area contributed by atoms with Crippen molar-refractivity contribution >= 4 is 15.9 Å². The fourth-order valence-electron chi connectivity index (χ4n) is 2.42. The van der Waals surface area contributed by atoms with Gasteiger partial charge in [0.2, 0.25) is 0 Å². The number of hydrogen-bond donors (Lipinski definition) is 0. The molecule has 1 aromatic rings. The highest BCUT2D eigenvalue weighted by Crippen LogP contribution is 2.20. The van der Waals surface area contributed by atoms with Gasteiger partial charge in [-0.25, -0.2) is 0 Å². The Morgan fingerprint density at radius 2 is 1.78 bits per heavy atom. The van der Waals surface area contributed by atoms with Crippen LogP contribution in [0.15, 0.2) is 24.3 Å². The number of benzene rings is 1. The van der Waals surface area contributed by atoms with Crippen molar-refractivity contribution in [1.82, 2.24) is 0 Å². The lowest BCUT2D eigenvalue weighted by molar-refractivity contribution is 0.491. The van der Waals surface area contributed by atoms with E-state index in [-0.39, 0.29) is 0 Å². The molecule has 0 radical (unpaired) electrons. The lowest BCUT2D eigenvalue weighted by Crippen LogP contribution is -2.07.